The van der Waals surface area contributed by atoms with Crippen molar-refractivity contribution in [3.63, 3.8) is 0 Å². The van der Waals surface area contributed by atoms with E-state index in [2.05, 4.69) is 0 Å². The van der Waals surface area contributed by atoms with Gasteiger partial charge in [0.2, 0.25) is 0 Å². The van der Waals surface area contributed by atoms with E-state index in [1.54, 1.807) is 24.3 Å². The van der Waals surface area contributed by atoms with Crippen molar-refractivity contribution in [2.45, 2.75) is 51.9 Å². The highest BCUT2D eigenvalue weighted by Gasteiger charge is 2.22. The molecule has 1 heterocycles. The van der Waals surface area contributed by atoms with Gasteiger partial charge in [0.25, 0.3) is 5.56 Å². The zero-order valence-corrected chi connectivity index (χ0v) is 18.2. The van der Waals surface area contributed by atoms with E-state index in [1.165, 1.54) is 7.11 Å². The molecule has 164 valence electrons. The molecule has 3 aromatic rings. The number of esters is 1. The number of rotatable bonds is 8. The van der Waals surface area contributed by atoms with Crippen LogP contribution in [0.15, 0.2) is 62.5 Å². The van der Waals surface area contributed by atoms with Gasteiger partial charge in [0.15, 0.2) is 6.10 Å². The number of hydrogen-bond donors (Lipinski definition) is 0. The van der Waals surface area contributed by atoms with E-state index in [-0.39, 0.29) is 23.3 Å². The van der Waals surface area contributed by atoms with Crippen molar-refractivity contribution < 1.29 is 18.7 Å². The van der Waals surface area contributed by atoms with Gasteiger partial charge in [0.1, 0.15) is 5.58 Å². The number of ether oxygens (including phenoxy) is 2. The average Bonchev–Trinajstić information content (AvgIpc) is 2.73. The summed E-state index contributed by atoms with van der Waals surface area (Å²) in [5, 5.41) is 0.378. The highest BCUT2D eigenvalue weighted by molar-refractivity contribution is 5.75. The van der Waals surface area contributed by atoms with Crippen molar-refractivity contribution in [2.24, 2.45) is 0 Å². The quantitative estimate of drug-likeness (QED) is 0.515. The minimum absolute atomic E-state index is 0.101. The molecule has 0 bridgehead atoms. The van der Waals surface area contributed by atoms with Gasteiger partial charge in [-0.25, -0.2) is 14.2 Å². The van der Waals surface area contributed by atoms with E-state index < -0.39 is 17.8 Å². The number of carbonyl (C=O) groups excluding carboxylic acids is 1. The van der Waals surface area contributed by atoms with Crippen LogP contribution in [0.25, 0.3) is 11.0 Å². The first-order valence-electron chi connectivity index (χ1n) is 10.3. The van der Waals surface area contributed by atoms with Gasteiger partial charge >= 0.3 is 11.7 Å². The Bertz CT molecular complexity index is 1160. The molecule has 0 N–H and O–H groups in total. The molecule has 0 saturated heterocycles. The molecular formula is C24H27NO6. The molecule has 0 aliphatic rings. The molecule has 0 spiro atoms. The first kappa shape index (κ1) is 22.5. The Kier molecular flexibility index (Phi) is 7.07. The molecule has 2 unspecified atom stereocenters. The number of aromatic nitrogens is 1. The Labute approximate surface area is 180 Å². The monoisotopic (exact) mass is 425 g/mol. The Morgan fingerprint density at radius 2 is 1.58 bits per heavy atom. The van der Waals surface area contributed by atoms with Crippen molar-refractivity contribution in [1.82, 2.24) is 4.57 Å². The molecule has 0 radical (unpaired) electrons. The maximum atomic E-state index is 12.8. The molecule has 3 rings (SSSR count). The second-order valence-corrected chi connectivity index (χ2v) is 7.81. The molecule has 0 amide bonds. The van der Waals surface area contributed by atoms with Gasteiger partial charge in [-0.05, 0) is 50.5 Å². The van der Waals surface area contributed by atoms with Gasteiger partial charge in [-0.15, -0.1) is 0 Å². The number of nitrogens with zero attached hydrogens (tertiary/aromatic N) is 1. The smallest absolute Gasteiger partial charge is 0.422 e. The third-order valence-corrected chi connectivity index (χ3v) is 5.05. The van der Waals surface area contributed by atoms with Gasteiger partial charge in [0.05, 0.1) is 18.6 Å². The van der Waals surface area contributed by atoms with Crippen LogP contribution in [0.5, 0.6) is 0 Å². The number of fused-ring (bicyclic) bond motifs is 1. The largest absolute Gasteiger partial charge is 0.467 e. The van der Waals surface area contributed by atoms with Crippen molar-refractivity contribution >= 4 is 16.9 Å². The fraction of sp³-hybridized carbons (Fsp3) is 0.375. The van der Waals surface area contributed by atoms with Crippen LogP contribution in [0.1, 0.15) is 37.9 Å². The highest BCUT2D eigenvalue weighted by atomic mass is 16.6. The second kappa shape index (κ2) is 9.75. The molecule has 0 saturated carbocycles. The van der Waals surface area contributed by atoms with Crippen molar-refractivity contribution in [1.29, 1.82) is 0 Å². The maximum Gasteiger partial charge on any atom is 0.422 e. The number of methoxy groups -OCH3 is 1. The van der Waals surface area contributed by atoms with Crippen LogP contribution in [0.2, 0.25) is 0 Å². The minimum atomic E-state index is -0.671. The lowest BCUT2D eigenvalue weighted by atomic mass is 10.0. The summed E-state index contributed by atoms with van der Waals surface area (Å²) in [4.78, 5) is 37.1. The minimum Gasteiger partial charge on any atom is -0.467 e. The van der Waals surface area contributed by atoms with E-state index in [1.807, 2.05) is 45.0 Å². The van der Waals surface area contributed by atoms with Crippen LogP contribution >= 0.6 is 0 Å². The number of hydrogen-bond acceptors (Lipinski definition) is 6. The van der Waals surface area contributed by atoms with Crippen LogP contribution in [-0.2, 0) is 27.1 Å². The van der Waals surface area contributed by atoms with E-state index >= 15 is 0 Å². The molecule has 7 nitrogen and oxygen atoms in total. The van der Waals surface area contributed by atoms with E-state index in [0.717, 1.165) is 15.7 Å². The summed E-state index contributed by atoms with van der Waals surface area (Å²) in [5.74, 6) is -1.08. The van der Waals surface area contributed by atoms with Gasteiger partial charge in [-0.3, -0.25) is 4.79 Å². The highest BCUT2D eigenvalue weighted by Crippen LogP contribution is 2.16. The number of benzene rings is 2. The molecular weight excluding hydrogens is 398 g/mol. The summed E-state index contributed by atoms with van der Waals surface area (Å²) >= 11 is 0. The van der Waals surface area contributed by atoms with E-state index in [4.69, 9.17) is 13.9 Å². The topological polar surface area (TPSA) is 87.7 Å². The molecule has 0 aliphatic carbocycles. The third kappa shape index (κ3) is 5.30. The Morgan fingerprint density at radius 3 is 2.19 bits per heavy atom. The predicted octanol–water partition coefficient (Wildman–Crippen LogP) is 3.27. The predicted molar refractivity (Wildman–Crippen MR) is 117 cm³/mol. The summed E-state index contributed by atoms with van der Waals surface area (Å²) in [6.45, 7) is 5.54. The van der Waals surface area contributed by atoms with Gasteiger partial charge in [-0.1, -0.05) is 36.4 Å². The maximum absolute atomic E-state index is 12.8. The van der Waals surface area contributed by atoms with Crippen molar-refractivity contribution in [2.75, 3.05) is 7.11 Å². The molecule has 1 aromatic heterocycles. The lowest BCUT2D eigenvalue weighted by Gasteiger charge is -2.18. The summed E-state index contributed by atoms with van der Waals surface area (Å²) < 4.78 is 17.0. The first-order valence-corrected chi connectivity index (χ1v) is 10.3. The zero-order chi connectivity index (χ0) is 22.5. The number of carbonyl (C=O) groups is 1. The van der Waals surface area contributed by atoms with Crippen molar-refractivity contribution in [3.05, 3.63) is 80.6 Å². The molecule has 31 heavy (non-hydrogen) atoms. The molecule has 0 aliphatic heterocycles. The second-order valence-electron chi connectivity index (χ2n) is 7.81. The molecule has 2 atom stereocenters. The van der Waals surface area contributed by atoms with Gasteiger partial charge in [-0.2, -0.15) is 0 Å². The Balaban J connectivity index is 1.77. The normalized spacial score (nSPS) is 13.3. The Morgan fingerprint density at radius 1 is 0.968 bits per heavy atom. The van der Waals surface area contributed by atoms with Crippen LogP contribution in [0.3, 0.4) is 0 Å². The molecule has 2 aromatic carbocycles. The van der Waals surface area contributed by atoms with Crippen LogP contribution < -0.4 is 11.3 Å². The SMILES string of the molecule is COC(=O)C(Cc1ccc(CC(C)n2c(=O)oc3ccccc3c2=O)cc1)OC(C)C. The summed E-state index contributed by atoms with van der Waals surface area (Å²) in [5.41, 5.74) is 1.81. The number of para-hydroxylation sites is 1. The summed E-state index contributed by atoms with van der Waals surface area (Å²) in [7, 11) is 1.34. The Hall–Kier alpha value is -3.19. The first-order chi connectivity index (χ1) is 14.8. The lowest BCUT2D eigenvalue weighted by Crippen LogP contribution is -2.35. The van der Waals surface area contributed by atoms with Gasteiger partial charge < -0.3 is 13.9 Å². The van der Waals surface area contributed by atoms with E-state index in [9.17, 15) is 14.4 Å². The van der Waals surface area contributed by atoms with Gasteiger partial charge in [0, 0.05) is 12.5 Å². The molecule has 7 heteroatoms. The fourth-order valence-electron chi connectivity index (χ4n) is 3.57. The third-order valence-electron chi connectivity index (χ3n) is 5.05. The fourth-order valence-corrected chi connectivity index (χ4v) is 3.57. The summed E-state index contributed by atoms with van der Waals surface area (Å²) in [6, 6.07) is 14.0. The zero-order valence-electron chi connectivity index (χ0n) is 18.2. The van der Waals surface area contributed by atoms with Crippen LogP contribution in [-0.4, -0.2) is 29.9 Å². The summed E-state index contributed by atoms with van der Waals surface area (Å²) in [6.07, 6.45) is 0.104. The average molecular weight is 425 g/mol. The van der Waals surface area contributed by atoms with Crippen molar-refractivity contribution in [3.8, 4) is 0 Å². The lowest BCUT2D eigenvalue weighted by molar-refractivity contribution is -0.156. The van der Waals surface area contributed by atoms with Crippen LogP contribution in [0, 0.1) is 0 Å². The van der Waals surface area contributed by atoms with Crippen LogP contribution in [0.4, 0.5) is 0 Å². The van der Waals surface area contributed by atoms with E-state index in [0.29, 0.717) is 18.2 Å². The standard InChI is InChI=1S/C24H27NO6/c1-15(2)30-21(23(27)29-4)14-18-11-9-17(10-12-18)13-16(3)25-22(26)19-7-5-6-8-20(19)31-24(25)28/h5-12,15-16,21H,13-14H2,1-4H3. The molecule has 0 fully saturated rings.